The maximum atomic E-state index is 4.92. The first-order chi connectivity index (χ1) is 10.9. The maximum Gasteiger partial charge on any atom is 0.0788 e. The van der Waals surface area contributed by atoms with Crippen LogP contribution in [0, 0.1) is 0 Å². The smallest absolute Gasteiger partial charge is 0.0788 e. The van der Waals surface area contributed by atoms with Crippen LogP contribution in [-0.2, 0) is 0 Å². The number of hydrogen-bond acceptors (Lipinski definition) is 1. The fourth-order valence-corrected chi connectivity index (χ4v) is 2.77. The van der Waals surface area contributed by atoms with Crippen LogP contribution < -0.4 is 0 Å². The second-order valence-corrected chi connectivity index (χ2v) is 5.31. The molecule has 0 aliphatic heterocycles. The van der Waals surface area contributed by atoms with E-state index in [4.69, 9.17) is 4.98 Å². The van der Waals surface area contributed by atoms with Gasteiger partial charge in [0.15, 0.2) is 0 Å². The summed E-state index contributed by atoms with van der Waals surface area (Å²) in [5.41, 5.74) is 5.57. The lowest BCUT2D eigenvalue weighted by molar-refractivity contribution is 1.39. The fourth-order valence-electron chi connectivity index (χ4n) is 2.77. The van der Waals surface area contributed by atoms with Crippen molar-refractivity contribution in [3.05, 3.63) is 91.0 Å². The van der Waals surface area contributed by atoms with Gasteiger partial charge in [0.1, 0.15) is 0 Å². The molecule has 0 unspecified atom stereocenters. The molecule has 0 fully saturated rings. The van der Waals surface area contributed by atoms with Crippen LogP contribution in [0.2, 0.25) is 0 Å². The summed E-state index contributed by atoms with van der Waals surface area (Å²) in [5, 5.41) is 1.17. The van der Waals surface area contributed by atoms with Crippen LogP contribution in [0.1, 0.15) is 0 Å². The molecular weight excluding hydrogens is 266 g/mol. The molecule has 1 heterocycles. The van der Waals surface area contributed by atoms with E-state index in [0.717, 1.165) is 16.8 Å². The summed E-state index contributed by atoms with van der Waals surface area (Å²) in [6, 6.07) is 31.3. The number of hydrogen-bond donors (Lipinski definition) is 0. The predicted octanol–water partition coefficient (Wildman–Crippen LogP) is 5.57. The monoisotopic (exact) mass is 281 g/mol. The van der Waals surface area contributed by atoms with E-state index in [1.54, 1.807) is 0 Å². The third kappa shape index (κ3) is 2.27. The highest BCUT2D eigenvalue weighted by atomic mass is 14.7. The number of nitrogens with zero attached hydrogens (tertiary/aromatic N) is 1. The van der Waals surface area contributed by atoms with Crippen molar-refractivity contribution in [2.24, 2.45) is 0 Å². The second-order valence-electron chi connectivity index (χ2n) is 5.31. The van der Waals surface area contributed by atoms with Crippen LogP contribution in [0.25, 0.3) is 33.3 Å². The summed E-state index contributed by atoms with van der Waals surface area (Å²) < 4.78 is 0. The summed E-state index contributed by atoms with van der Waals surface area (Å²) >= 11 is 0. The molecule has 0 aliphatic rings. The highest BCUT2D eigenvalue weighted by Gasteiger charge is 2.10. The van der Waals surface area contributed by atoms with Crippen molar-refractivity contribution in [2.75, 3.05) is 0 Å². The molecule has 104 valence electrons. The van der Waals surface area contributed by atoms with Crippen LogP contribution in [0.4, 0.5) is 0 Å². The van der Waals surface area contributed by atoms with Crippen LogP contribution in [0.15, 0.2) is 91.0 Å². The van der Waals surface area contributed by atoms with Gasteiger partial charge >= 0.3 is 0 Å². The SMILES string of the molecule is c1ccc(-c2cc3ccccc3nc2-c2ccccc2)cc1. The summed E-state index contributed by atoms with van der Waals surface area (Å²) in [4.78, 5) is 4.92. The van der Waals surface area contributed by atoms with Crippen molar-refractivity contribution in [1.29, 1.82) is 0 Å². The Hall–Kier alpha value is -2.93. The van der Waals surface area contributed by atoms with E-state index in [1.165, 1.54) is 16.5 Å². The highest BCUT2D eigenvalue weighted by molar-refractivity contribution is 5.91. The lowest BCUT2D eigenvalue weighted by Crippen LogP contribution is -1.91. The lowest BCUT2D eigenvalue weighted by Gasteiger charge is -2.11. The van der Waals surface area contributed by atoms with Gasteiger partial charge in [0.2, 0.25) is 0 Å². The van der Waals surface area contributed by atoms with E-state index in [0.29, 0.717) is 0 Å². The Kier molecular flexibility index (Phi) is 3.17. The fraction of sp³-hybridized carbons (Fsp3) is 0. The molecule has 1 aromatic heterocycles. The van der Waals surface area contributed by atoms with Crippen molar-refractivity contribution in [2.45, 2.75) is 0 Å². The molecule has 0 radical (unpaired) electrons. The molecule has 4 rings (SSSR count). The Bertz CT molecular complexity index is 834. The van der Waals surface area contributed by atoms with Crippen LogP contribution in [-0.4, -0.2) is 4.98 Å². The third-order valence-corrected chi connectivity index (χ3v) is 3.86. The molecule has 0 atom stereocenters. The molecule has 0 bridgehead atoms. The molecule has 0 saturated heterocycles. The number of para-hydroxylation sites is 1. The molecular formula is C21H15N. The number of pyridine rings is 1. The Labute approximate surface area is 129 Å². The molecule has 0 amide bonds. The molecule has 3 aromatic carbocycles. The highest BCUT2D eigenvalue weighted by Crippen LogP contribution is 2.33. The quantitative estimate of drug-likeness (QED) is 0.468. The standard InChI is InChI=1S/C21H15N/c1-3-9-16(10-4-1)19-15-18-13-7-8-14-20(18)22-21(19)17-11-5-2-6-12-17/h1-15H. The van der Waals surface area contributed by atoms with Crippen LogP contribution in [0.5, 0.6) is 0 Å². The van der Waals surface area contributed by atoms with Crippen molar-refractivity contribution in [1.82, 2.24) is 4.98 Å². The minimum atomic E-state index is 1.03. The van der Waals surface area contributed by atoms with Crippen molar-refractivity contribution in [3.8, 4) is 22.4 Å². The normalized spacial score (nSPS) is 10.7. The molecule has 0 saturated carbocycles. The first-order valence-corrected chi connectivity index (χ1v) is 7.42. The van der Waals surface area contributed by atoms with Crippen molar-refractivity contribution >= 4 is 10.9 Å². The number of fused-ring (bicyclic) bond motifs is 1. The van der Waals surface area contributed by atoms with Gasteiger partial charge in [-0.25, -0.2) is 4.98 Å². The Balaban J connectivity index is 2.04. The largest absolute Gasteiger partial charge is 0.247 e. The first kappa shape index (κ1) is 12.8. The first-order valence-electron chi connectivity index (χ1n) is 7.42. The molecule has 1 heteroatoms. The van der Waals surface area contributed by atoms with Gasteiger partial charge in [-0.3, -0.25) is 0 Å². The van der Waals surface area contributed by atoms with E-state index in [2.05, 4.69) is 72.8 Å². The molecule has 0 aliphatic carbocycles. The number of aromatic nitrogens is 1. The topological polar surface area (TPSA) is 12.9 Å². The van der Waals surface area contributed by atoms with E-state index in [-0.39, 0.29) is 0 Å². The Morgan fingerprint density at radius 3 is 1.86 bits per heavy atom. The van der Waals surface area contributed by atoms with E-state index < -0.39 is 0 Å². The molecule has 0 spiro atoms. The zero-order valence-corrected chi connectivity index (χ0v) is 12.1. The molecule has 22 heavy (non-hydrogen) atoms. The summed E-state index contributed by atoms with van der Waals surface area (Å²) in [7, 11) is 0. The molecule has 0 N–H and O–H groups in total. The van der Waals surface area contributed by atoms with E-state index in [1.807, 2.05) is 18.2 Å². The zero-order chi connectivity index (χ0) is 14.8. The zero-order valence-electron chi connectivity index (χ0n) is 12.1. The predicted molar refractivity (Wildman–Crippen MR) is 92.6 cm³/mol. The number of benzene rings is 3. The molecule has 4 aromatic rings. The average Bonchev–Trinajstić information content (AvgIpc) is 2.62. The van der Waals surface area contributed by atoms with Crippen LogP contribution in [0.3, 0.4) is 0 Å². The van der Waals surface area contributed by atoms with Gasteiger partial charge in [-0.15, -0.1) is 0 Å². The van der Waals surface area contributed by atoms with Gasteiger partial charge in [-0.05, 0) is 17.7 Å². The van der Waals surface area contributed by atoms with Gasteiger partial charge in [0, 0.05) is 16.5 Å². The van der Waals surface area contributed by atoms with Crippen LogP contribution >= 0.6 is 0 Å². The van der Waals surface area contributed by atoms with Gasteiger partial charge in [-0.1, -0.05) is 78.9 Å². The van der Waals surface area contributed by atoms with Gasteiger partial charge in [0.05, 0.1) is 11.2 Å². The van der Waals surface area contributed by atoms with Crippen molar-refractivity contribution < 1.29 is 0 Å². The van der Waals surface area contributed by atoms with Gasteiger partial charge in [0.25, 0.3) is 0 Å². The van der Waals surface area contributed by atoms with Gasteiger partial charge in [-0.2, -0.15) is 0 Å². The summed E-state index contributed by atoms with van der Waals surface area (Å²) in [6.45, 7) is 0. The minimum absolute atomic E-state index is 1.03. The lowest BCUT2D eigenvalue weighted by atomic mass is 9.97. The summed E-state index contributed by atoms with van der Waals surface area (Å²) in [5.74, 6) is 0. The Morgan fingerprint density at radius 1 is 0.545 bits per heavy atom. The maximum absolute atomic E-state index is 4.92. The molecule has 1 nitrogen and oxygen atoms in total. The third-order valence-electron chi connectivity index (χ3n) is 3.86. The van der Waals surface area contributed by atoms with E-state index in [9.17, 15) is 0 Å². The second kappa shape index (κ2) is 5.45. The van der Waals surface area contributed by atoms with Gasteiger partial charge < -0.3 is 0 Å². The summed E-state index contributed by atoms with van der Waals surface area (Å²) in [6.07, 6.45) is 0. The van der Waals surface area contributed by atoms with Crippen molar-refractivity contribution in [3.63, 3.8) is 0 Å². The Morgan fingerprint density at radius 2 is 1.14 bits per heavy atom. The average molecular weight is 281 g/mol. The minimum Gasteiger partial charge on any atom is -0.247 e. The number of rotatable bonds is 2. The van der Waals surface area contributed by atoms with E-state index >= 15 is 0 Å².